The van der Waals surface area contributed by atoms with Gasteiger partial charge in [0.2, 0.25) is 5.91 Å². The van der Waals surface area contributed by atoms with Gasteiger partial charge in [-0.15, -0.1) is 0 Å². The topological polar surface area (TPSA) is 49.3 Å². The Hall–Kier alpha value is -0.770. The highest BCUT2D eigenvalue weighted by Gasteiger charge is 2.21. The van der Waals surface area contributed by atoms with Crippen LogP contribution in [0.15, 0.2) is 18.2 Å². The number of carbonyl (C=O) groups is 1. The molecule has 0 spiro atoms. The number of hydrogen-bond acceptors (Lipinski definition) is 2. The van der Waals surface area contributed by atoms with E-state index in [2.05, 4.69) is 5.32 Å². The van der Waals surface area contributed by atoms with Gasteiger partial charge in [-0.1, -0.05) is 50.0 Å². The number of halogens is 2. The summed E-state index contributed by atoms with van der Waals surface area (Å²) in [5.74, 6) is -0.180. The molecule has 0 aliphatic heterocycles. The minimum atomic E-state index is -0.173. The van der Waals surface area contributed by atoms with Crippen molar-refractivity contribution in [1.82, 2.24) is 5.32 Å². The first kappa shape index (κ1) is 18.3. The third kappa shape index (κ3) is 6.25. The van der Waals surface area contributed by atoms with E-state index in [-0.39, 0.29) is 23.8 Å². The molecule has 1 aromatic carbocycles. The lowest BCUT2D eigenvalue weighted by Crippen LogP contribution is -2.37. The van der Waals surface area contributed by atoms with Crippen molar-refractivity contribution in [3.8, 4) is 0 Å². The maximum Gasteiger partial charge on any atom is 0.223 e. The lowest BCUT2D eigenvalue weighted by atomic mass is 9.89. The summed E-state index contributed by atoms with van der Waals surface area (Å²) in [4.78, 5) is 12.1. The zero-order valence-corrected chi connectivity index (χ0v) is 14.3. The van der Waals surface area contributed by atoms with Gasteiger partial charge in [0, 0.05) is 29.1 Å². The lowest BCUT2D eigenvalue weighted by molar-refractivity contribution is -0.125. The minimum absolute atomic E-state index is 0.00738. The Morgan fingerprint density at radius 2 is 2.05 bits per heavy atom. The van der Waals surface area contributed by atoms with E-state index in [9.17, 15) is 4.79 Å². The monoisotopic (exact) mass is 331 g/mol. The van der Waals surface area contributed by atoms with E-state index in [4.69, 9.17) is 28.3 Å². The van der Waals surface area contributed by atoms with Gasteiger partial charge in [0.05, 0.1) is 0 Å². The molecule has 0 aliphatic rings. The van der Waals surface area contributed by atoms with E-state index in [1.165, 1.54) is 0 Å². The highest BCUT2D eigenvalue weighted by atomic mass is 35.5. The average molecular weight is 332 g/mol. The molecule has 0 fully saturated rings. The van der Waals surface area contributed by atoms with E-state index in [0.29, 0.717) is 29.4 Å². The summed E-state index contributed by atoms with van der Waals surface area (Å²) in [7, 11) is 0. The molecular weight excluding hydrogens is 309 g/mol. The van der Waals surface area contributed by atoms with E-state index in [0.717, 1.165) is 5.56 Å². The Labute approximate surface area is 136 Å². The van der Waals surface area contributed by atoms with Crippen molar-refractivity contribution in [1.29, 1.82) is 0 Å². The van der Waals surface area contributed by atoms with Gasteiger partial charge in [-0.05, 0) is 36.0 Å². The van der Waals surface area contributed by atoms with Crippen LogP contribution in [0.25, 0.3) is 0 Å². The van der Waals surface area contributed by atoms with Gasteiger partial charge < -0.3 is 10.4 Å². The summed E-state index contributed by atoms with van der Waals surface area (Å²) in [6.07, 6.45) is 1.23. The predicted molar refractivity (Wildman–Crippen MR) is 87.8 cm³/mol. The first-order chi connectivity index (χ1) is 9.75. The van der Waals surface area contributed by atoms with Crippen molar-refractivity contribution in [2.24, 2.45) is 11.3 Å². The second kappa shape index (κ2) is 8.02. The molecule has 1 rings (SSSR count). The summed E-state index contributed by atoms with van der Waals surface area (Å²) in [5, 5.41) is 13.1. The zero-order valence-electron chi connectivity index (χ0n) is 12.7. The summed E-state index contributed by atoms with van der Waals surface area (Å²) in [6.45, 7) is 6.58. The van der Waals surface area contributed by atoms with Crippen LogP contribution in [0.5, 0.6) is 0 Å². The molecule has 1 aromatic rings. The number of nitrogens with one attached hydrogen (secondary N) is 1. The van der Waals surface area contributed by atoms with Crippen LogP contribution in [0.2, 0.25) is 10.0 Å². The quantitative estimate of drug-likeness (QED) is 0.800. The first-order valence-electron chi connectivity index (χ1n) is 7.07. The van der Waals surface area contributed by atoms with Crippen LogP contribution in [0.3, 0.4) is 0 Å². The molecule has 118 valence electrons. The van der Waals surface area contributed by atoms with Crippen LogP contribution in [0.4, 0.5) is 0 Å². The molecule has 1 unspecified atom stereocenters. The summed E-state index contributed by atoms with van der Waals surface area (Å²) >= 11 is 12.0. The van der Waals surface area contributed by atoms with E-state index in [1.807, 2.05) is 26.8 Å². The van der Waals surface area contributed by atoms with E-state index >= 15 is 0 Å². The molecule has 1 atom stereocenters. The molecule has 3 nitrogen and oxygen atoms in total. The maximum atomic E-state index is 12.1. The molecule has 0 bridgehead atoms. The summed E-state index contributed by atoms with van der Waals surface area (Å²) in [5.41, 5.74) is 0.806. The van der Waals surface area contributed by atoms with Gasteiger partial charge in [-0.25, -0.2) is 0 Å². The Kier molecular flexibility index (Phi) is 6.98. The Bertz CT molecular complexity index is 489. The molecule has 0 aromatic heterocycles. The van der Waals surface area contributed by atoms with Crippen LogP contribution in [-0.4, -0.2) is 24.2 Å². The second-order valence-corrected chi connectivity index (χ2v) is 7.04. The molecule has 0 radical (unpaired) electrons. The fourth-order valence-corrected chi connectivity index (χ4v) is 2.49. The predicted octanol–water partition coefficient (Wildman–Crippen LogP) is 3.70. The van der Waals surface area contributed by atoms with Crippen molar-refractivity contribution in [3.63, 3.8) is 0 Å². The third-order valence-corrected chi connectivity index (χ3v) is 4.11. The summed E-state index contributed by atoms with van der Waals surface area (Å²) < 4.78 is 0. The molecule has 0 heterocycles. The smallest absolute Gasteiger partial charge is 0.223 e. The highest BCUT2D eigenvalue weighted by molar-refractivity contribution is 6.35. The number of amides is 1. The van der Waals surface area contributed by atoms with Gasteiger partial charge in [0.15, 0.2) is 0 Å². The average Bonchev–Trinajstić information content (AvgIpc) is 2.39. The molecule has 21 heavy (non-hydrogen) atoms. The van der Waals surface area contributed by atoms with Gasteiger partial charge in [-0.3, -0.25) is 4.79 Å². The van der Waals surface area contributed by atoms with Crippen molar-refractivity contribution < 1.29 is 9.90 Å². The van der Waals surface area contributed by atoms with E-state index < -0.39 is 0 Å². The normalized spacial score (nSPS) is 13.0. The van der Waals surface area contributed by atoms with Crippen LogP contribution in [0.1, 0.15) is 32.8 Å². The molecule has 1 amide bonds. The molecule has 0 saturated heterocycles. The molecule has 5 heteroatoms. The van der Waals surface area contributed by atoms with Crippen molar-refractivity contribution >= 4 is 29.1 Å². The molecule has 0 saturated carbocycles. The van der Waals surface area contributed by atoms with Crippen LogP contribution in [-0.2, 0) is 11.2 Å². The standard InChI is InChI=1S/C16H23Cl2NO2/c1-11(8-12-4-5-13(17)9-14(12)18)15(21)19-10-16(2,3)6-7-20/h4-5,9,11,20H,6-8,10H2,1-3H3,(H,19,21). The van der Waals surface area contributed by atoms with Crippen LogP contribution < -0.4 is 5.32 Å². The third-order valence-electron chi connectivity index (χ3n) is 3.52. The Morgan fingerprint density at radius 1 is 1.38 bits per heavy atom. The molecule has 0 aliphatic carbocycles. The van der Waals surface area contributed by atoms with Gasteiger partial charge in [-0.2, -0.15) is 0 Å². The minimum Gasteiger partial charge on any atom is -0.396 e. The summed E-state index contributed by atoms with van der Waals surface area (Å²) in [6, 6.07) is 5.31. The maximum absolute atomic E-state index is 12.1. The number of hydrogen-bond donors (Lipinski definition) is 2. The van der Waals surface area contributed by atoms with E-state index in [1.54, 1.807) is 12.1 Å². The number of benzene rings is 1. The van der Waals surface area contributed by atoms with Crippen molar-refractivity contribution in [2.45, 2.75) is 33.6 Å². The van der Waals surface area contributed by atoms with Crippen LogP contribution >= 0.6 is 23.2 Å². The Balaban J connectivity index is 2.55. The SMILES string of the molecule is CC(Cc1ccc(Cl)cc1Cl)C(=O)NCC(C)(C)CCO. The largest absolute Gasteiger partial charge is 0.396 e. The van der Waals surface area contributed by atoms with Gasteiger partial charge in [0.25, 0.3) is 0 Å². The number of aliphatic hydroxyl groups excluding tert-OH is 1. The van der Waals surface area contributed by atoms with Crippen molar-refractivity contribution in [3.05, 3.63) is 33.8 Å². The van der Waals surface area contributed by atoms with Crippen LogP contribution in [0, 0.1) is 11.3 Å². The number of aliphatic hydroxyl groups is 1. The highest BCUT2D eigenvalue weighted by Crippen LogP contribution is 2.24. The molecule has 2 N–H and O–H groups in total. The Morgan fingerprint density at radius 3 is 2.62 bits per heavy atom. The van der Waals surface area contributed by atoms with Gasteiger partial charge >= 0.3 is 0 Å². The van der Waals surface area contributed by atoms with Gasteiger partial charge in [0.1, 0.15) is 0 Å². The van der Waals surface area contributed by atoms with Crippen molar-refractivity contribution in [2.75, 3.05) is 13.2 Å². The lowest BCUT2D eigenvalue weighted by Gasteiger charge is -2.25. The zero-order chi connectivity index (χ0) is 16.0. The first-order valence-corrected chi connectivity index (χ1v) is 7.83. The fourth-order valence-electron chi connectivity index (χ4n) is 2.00. The number of rotatable bonds is 7. The number of carbonyl (C=O) groups excluding carboxylic acids is 1. The fraction of sp³-hybridized carbons (Fsp3) is 0.562. The molecular formula is C16H23Cl2NO2. The second-order valence-electron chi connectivity index (χ2n) is 6.20.